The average molecular weight is 413 g/mol. The van der Waals surface area contributed by atoms with Crippen LogP contribution in [0.15, 0.2) is 59.5 Å². The second kappa shape index (κ2) is 7.13. The van der Waals surface area contributed by atoms with E-state index in [2.05, 4.69) is 20.0 Å². The first kappa shape index (κ1) is 18.8. The minimum Gasteiger partial charge on any atom is -0.494 e. The van der Waals surface area contributed by atoms with E-state index >= 15 is 0 Å². The zero-order valence-electron chi connectivity index (χ0n) is 15.5. The molecule has 2 aromatic carbocycles. The zero-order chi connectivity index (χ0) is 20.6. The van der Waals surface area contributed by atoms with E-state index in [1.807, 2.05) is 0 Å². The minimum absolute atomic E-state index is 0.0308. The summed E-state index contributed by atoms with van der Waals surface area (Å²) in [6.07, 6.45) is 0. The summed E-state index contributed by atoms with van der Waals surface area (Å²) in [5.74, 6) is -0.150. The second-order valence-electron chi connectivity index (χ2n) is 6.22. The van der Waals surface area contributed by atoms with Gasteiger partial charge in [-0.2, -0.15) is 9.61 Å². The van der Waals surface area contributed by atoms with Gasteiger partial charge in [0.15, 0.2) is 23.0 Å². The van der Waals surface area contributed by atoms with Crippen LogP contribution in [0.5, 0.6) is 5.75 Å². The minimum atomic E-state index is -3.98. The van der Waals surface area contributed by atoms with Crippen LogP contribution in [0.25, 0.3) is 16.9 Å². The van der Waals surface area contributed by atoms with Crippen LogP contribution < -0.4 is 9.46 Å². The lowest BCUT2D eigenvalue weighted by Crippen LogP contribution is -2.13. The molecule has 0 spiro atoms. The molecule has 148 valence electrons. The largest absolute Gasteiger partial charge is 0.494 e. The average Bonchev–Trinajstić information content (AvgIpc) is 3.08. The number of benzene rings is 2. The summed E-state index contributed by atoms with van der Waals surface area (Å²) >= 11 is 0. The number of halogens is 1. The number of fused-ring (bicyclic) bond motifs is 1. The Hall–Kier alpha value is -3.53. The van der Waals surface area contributed by atoms with Crippen LogP contribution in [0.3, 0.4) is 0 Å². The van der Waals surface area contributed by atoms with Crippen LogP contribution in [0.4, 0.5) is 10.1 Å². The topological polar surface area (TPSA) is 98.5 Å². The summed E-state index contributed by atoms with van der Waals surface area (Å²) < 4.78 is 48.0. The number of nitrogens with zero attached hydrogens (tertiary/aromatic N) is 4. The molecule has 4 rings (SSSR count). The molecule has 8 nitrogen and oxygen atoms in total. The normalized spacial score (nSPS) is 11.6. The van der Waals surface area contributed by atoms with E-state index in [9.17, 15) is 12.8 Å². The van der Waals surface area contributed by atoms with E-state index in [1.165, 1.54) is 19.2 Å². The SMILES string of the molecule is COc1ccc(S(=O)(=O)Nc2cccc(-c3ccc4nnc(C)n4n3)c2)cc1F. The van der Waals surface area contributed by atoms with Crippen LogP contribution in [0.2, 0.25) is 0 Å². The first-order valence-corrected chi connectivity index (χ1v) is 10.0. The van der Waals surface area contributed by atoms with Gasteiger partial charge in [0.1, 0.15) is 0 Å². The van der Waals surface area contributed by atoms with Crippen LogP contribution in [-0.4, -0.2) is 35.3 Å². The van der Waals surface area contributed by atoms with Crippen molar-refractivity contribution in [3.05, 3.63) is 66.2 Å². The molecular weight excluding hydrogens is 397 g/mol. The Morgan fingerprint density at radius 2 is 1.90 bits per heavy atom. The Bertz CT molecular complexity index is 1320. The number of rotatable bonds is 5. The van der Waals surface area contributed by atoms with Crippen molar-refractivity contribution in [3.63, 3.8) is 0 Å². The maximum absolute atomic E-state index is 13.9. The molecule has 0 aliphatic rings. The lowest BCUT2D eigenvalue weighted by atomic mass is 10.1. The molecule has 0 saturated carbocycles. The van der Waals surface area contributed by atoms with E-state index in [0.717, 1.165) is 6.07 Å². The predicted molar refractivity (Wildman–Crippen MR) is 105 cm³/mol. The Labute approximate surface area is 166 Å². The van der Waals surface area contributed by atoms with Gasteiger partial charge in [-0.15, -0.1) is 10.2 Å². The first-order valence-electron chi connectivity index (χ1n) is 8.53. The van der Waals surface area contributed by atoms with Gasteiger partial charge in [-0.25, -0.2) is 12.8 Å². The van der Waals surface area contributed by atoms with Gasteiger partial charge in [0.25, 0.3) is 10.0 Å². The highest BCUT2D eigenvalue weighted by Crippen LogP contribution is 2.25. The van der Waals surface area contributed by atoms with Crippen molar-refractivity contribution >= 4 is 21.4 Å². The van der Waals surface area contributed by atoms with E-state index < -0.39 is 15.8 Å². The summed E-state index contributed by atoms with van der Waals surface area (Å²) in [4.78, 5) is -0.208. The highest BCUT2D eigenvalue weighted by atomic mass is 32.2. The fourth-order valence-corrected chi connectivity index (χ4v) is 3.88. The Morgan fingerprint density at radius 1 is 1.07 bits per heavy atom. The molecule has 0 radical (unpaired) electrons. The molecule has 0 fully saturated rings. The fraction of sp³-hybridized carbons (Fsp3) is 0.105. The van der Waals surface area contributed by atoms with Gasteiger partial charge < -0.3 is 4.74 Å². The highest BCUT2D eigenvalue weighted by molar-refractivity contribution is 7.92. The van der Waals surface area contributed by atoms with Gasteiger partial charge >= 0.3 is 0 Å². The van der Waals surface area contributed by atoms with Crippen molar-refractivity contribution in [3.8, 4) is 17.0 Å². The van der Waals surface area contributed by atoms with Crippen molar-refractivity contribution < 1.29 is 17.5 Å². The summed E-state index contributed by atoms with van der Waals surface area (Å²) in [7, 11) is -2.67. The number of anilines is 1. The number of hydrogen-bond acceptors (Lipinski definition) is 6. The molecule has 4 aromatic rings. The quantitative estimate of drug-likeness (QED) is 0.540. The molecule has 0 unspecified atom stereocenters. The summed E-state index contributed by atoms with van der Waals surface area (Å²) in [6, 6.07) is 13.8. The molecule has 0 atom stereocenters. The zero-order valence-corrected chi connectivity index (χ0v) is 16.3. The lowest BCUT2D eigenvalue weighted by molar-refractivity contribution is 0.385. The summed E-state index contributed by atoms with van der Waals surface area (Å²) in [5, 5.41) is 12.4. The van der Waals surface area contributed by atoms with Gasteiger partial charge in [0.2, 0.25) is 0 Å². The Morgan fingerprint density at radius 3 is 2.66 bits per heavy atom. The standard InChI is InChI=1S/C19H16FN5O3S/c1-12-21-22-19-9-7-17(23-25(12)19)13-4-3-5-14(10-13)24-29(26,27)15-6-8-18(28-2)16(20)11-15/h3-11,24H,1-2H3. The second-order valence-corrected chi connectivity index (χ2v) is 7.90. The molecule has 0 saturated heterocycles. The van der Waals surface area contributed by atoms with Crippen molar-refractivity contribution in [2.75, 3.05) is 11.8 Å². The molecule has 29 heavy (non-hydrogen) atoms. The molecule has 0 bridgehead atoms. The maximum atomic E-state index is 13.9. The number of aryl methyl sites for hydroxylation is 1. The van der Waals surface area contributed by atoms with Crippen LogP contribution >= 0.6 is 0 Å². The van der Waals surface area contributed by atoms with Gasteiger partial charge in [0, 0.05) is 11.3 Å². The monoisotopic (exact) mass is 413 g/mol. The fourth-order valence-electron chi connectivity index (χ4n) is 2.82. The third kappa shape index (κ3) is 3.61. The van der Waals surface area contributed by atoms with Gasteiger partial charge in [-0.3, -0.25) is 4.72 Å². The molecule has 10 heteroatoms. The number of ether oxygens (including phenoxy) is 1. The third-order valence-corrected chi connectivity index (χ3v) is 5.64. The highest BCUT2D eigenvalue weighted by Gasteiger charge is 2.17. The van der Waals surface area contributed by atoms with Crippen LogP contribution in [-0.2, 0) is 10.0 Å². The number of nitrogens with one attached hydrogen (secondary N) is 1. The predicted octanol–water partition coefficient (Wildman–Crippen LogP) is 3.05. The Balaban J connectivity index is 1.66. The van der Waals surface area contributed by atoms with Crippen molar-refractivity contribution in [1.82, 2.24) is 19.8 Å². The molecule has 0 aliphatic heterocycles. The first-order chi connectivity index (χ1) is 13.9. The summed E-state index contributed by atoms with van der Waals surface area (Å²) in [6.45, 7) is 1.79. The number of aromatic nitrogens is 4. The molecular formula is C19H16FN5O3S. The Kier molecular flexibility index (Phi) is 4.63. The molecule has 2 aromatic heterocycles. The van der Waals surface area contributed by atoms with E-state index in [1.54, 1.807) is 47.8 Å². The number of sulfonamides is 1. The third-order valence-electron chi connectivity index (χ3n) is 4.26. The van der Waals surface area contributed by atoms with Crippen LogP contribution in [0, 0.1) is 12.7 Å². The summed E-state index contributed by atoms with van der Waals surface area (Å²) in [5.41, 5.74) is 2.25. The molecule has 0 amide bonds. The molecule has 1 N–H and O–H groups in total. The molecule has 2 heterocycles. The van der Waals surface area contributed by atoms with Crippen LogP contribution in [0.1, 0.15) is 5.82 Å². The number of methoxy groups -OCH3 is 1. The number of hydrogen-bond donors (Lipinski definition) is 1. The van der Waals surface area contributed by atoms with Crippen molar-refractivity contribution in [2.24, 2.45) is 0 Å². The van der Waals surface area contributed by atoms with Gasteiger partial charge in [-0.05, 0) is 49.4 Å². The van der Waals surface area contributed by atoms with Gasteiger partial charge in [-0.1, -0.05) is 12.1 Å². The van der Waals surface area contributed by atoms with Crippen molar-refractivity contribution in [2.45, 2.75) is 11.8 Å². The van der Waals surface area contributed by atoms with E-state index in [0.29, 0.717) is 28.4 Å². The molecule has 0 aliphatic carbocycles. The van der Waals surface area contributed by atoms with Crippen molar-refractivity contribution in [1.29, 1.82) is 0 Å². The van der Waals surface area contributed by atoms with E-state index in [4.69, 9.17) is 4.74 Å². The lowest BCUT2D eigenvalue weighted by Gasteiger charge is -2.11. The van der Waals surface area contributed by atoms with Gasteiger partial charge in [0.05, 0.1) is 17.7 Å². The maximum Gasteiger partial charge on any atom is 0.262 e. The van der Waals surface area contributed by atoms with E-state index in [-0.39, 0.29) is 10.6 Å². The smallest absolute Gasteiger partial charge is 0.262 e.